The third-order valence-electron chi connectivity index (χ3n) is 2.74. The minimum atomic E-state index is 0.416. The summed E-state index contributed by atoms with van der Waals surface area (Å²) in [4.78, 5) is 14.9. The molecule has 6 heteroatoms. The number of hydrogen-bond acceptors (Lipinski definition) is 5. The standard InChI is InChI=1S/C11H11ClN4O/c12-10-9-8(1-2-13-10)7-14-11(15-9)16-3-5-17-6-4-16/h1-2,7H,3-6H2. The maximum Gasteiger partial charge on any atom is 0.226 e. The Balaban J connectivity index is 2.03. The SMILES string of the molecule is Clc1nccc2cnc(N3CCOCC3)nc12. The van der Waals surface area contributed by atoms with Gasteiger partial charge < -0.3 is 9.64 Å². The van der Waals surface area contributed by atoms with Crippen molar-refractivity contribution in [3.63, 3.8) is 0 Å². The Morgan fingerprint density at radius 3 is 2.88 bits per heavy atom. The van der Waals surface area contributed by atoms with E-state index >= 15 is 0 Å². The molecule has 1 aliphatic rings. The fraction of sp³-hybridized carbons (Fsp3) is 0.364. The van der Waals surface area contributed by atoms with E-state index in [1.807, 2.05) is 6.07 Å². The number of ether oxygens (including phenoxy) is 1. The van der Waals surface area contributed by atoms with Crippen molar-refractivity contribution in [1.29, 1.82) is 0 Å². The van der Waals surface area contributed by atoms with E-state index in [4.69, 9.17) is 16.3 Å². The Bertz CT molecular complexity index is 542. The highest BCUT2D eigenvalue weighted by Crippen LogP contribution is 2.20. The zero-order valence-electron chi connectivity index (χ0n) is 9.14. The largest absolute Gasteiger partial charge is 0.378 e. The molecular weight excluding hydrogens is 240 g/mol. The van der Waals surface area contributed by atoms with Crippen LogP contribution in [0.2, 0.25) is 5.15 Å². The van der Waals surface area contributed by atoms with Crippen LogP contribution in [0, 0.1) is 0 Å². The number of nitrogens with zero attached hydrogens (tertiary/aromatic N) is 4. The van der Waals surface area contributed by atoms with Crippen molar-refractivity contribution >= 4 is 28.5 Å². The van der Waals surface area contributed by atoms with E-state index in [1.165, 1.54) is 0 Å². The number of morpholine rings is 1. The van der Waals surface area contributed by atoms with E-state index in [2.05, 4.69) is 19.9 Å². The second kappa shape index (κ2) is 4.43. The average molecular weight is 251 g/mol. The van der Waals surface area contributed by atoms with Crippen molar-refractivity contribution in [2.45, 2.75) is 0 Å². The van der Waals surface area contributed by atoms with Crippen molar-refractivity contribution in [2.75, 3.05) is 31.2 Å². The number of anilines is 1. The molecule has 2 aromatic heterocycles. The van der Waals surface area contributed by atoms with Crippen molar-refractivity contribution in [3.05, 3.63) is 23.6 Å². The fourth-order valence-electron chi connectivity index (χ4n) is 1.83. The van der Waals surface area contributed by atoms with Crippen LogP contribution in [0.25, 0.3) is 10.9 Å². The first-order valence-electron chi connectivity index (χ1n) is 5.44. The summed E-state index contributed by atoms with van der Waals surface area (Å²) in [5.41, 5.74) is 0.700. The fourth-order valence-corrected chi connectivity index (χ4v) is 2.04. The van der Waals surface area contributed by atoms with Gasteiger partial charge in [-0.1, -0.05) is 11.6 Å². The Morgan fingerprint density at radius 1 is 1.24 bits per heavy atom. The number of fused-ring (bicyclic) bond motifs is 1. The molecule has 0 radical (unpaired) electrons. The van der Waals surface area contributed by atoms with Crippen LogP contribution in [0.5, 0.6) is 0 Å². The van der Waals surface area contributed by atoms with E-state index in [-0.39, 0.29) is 0 Å². The molecule has 2 aromatic rings. The van der Waals surface area contributed by atoms with Crippen molar-refractivity contribution in [1.82, 2.24) is 15.0 Å². The maximum absolute atomic E-state index is 6.02. The lowest BCUT2D eigenvalue weighted by molar-refractivity contribution is 0.122. The number of rotatable bonds is 1. The molecule has 88 valence electrons. The first kappa shape index (κ1) is 10.7. The highest BCUT2D eigenvalue weighted by molar-refractivity contribution is 6.33. The van der Waals surface area contributed by atoms with E-state index < -0.39 is 0 Å². The molecular formula is C11H11ClN4O. The topological polar surface area (TPSA) is 51.1 Å². The van der Waals surface area contributed by atoms with Gasteiger partial charge in [0, 0.05) is 30.9 Å². The molecule has 3 heterocycles. The minimum Gasteiger partial charge on any atom is -0.378 e. The molecule has 1 saturated heterocycles. The normalized spacial score (nSPS) is 16.4. The lowest BCUT2D eigenvalue weighted by Crippen LogP contribution is -2.37. The third-order valence-corrected chi connectivity index (χ3v) is 3.01. The van der Waals surface area contributed by atoms with E-state index in [0.717, 1.165) is 18.5 Å². The lowest BCUT2D eigenvalue weighted by Gasteiger charge is -2.26. The van der Waals surface area contributed by atoms with Crippen LogP contribution in [-0.4, -0.2) is 41.3 Å². The summed E-state index contributed by atoms with van der Waals surface area (Å²) in [6.45, 7) is 3.04. The molecule has 0 amide bonds. The predicted molar refractivity (Wildman–Crippen MR) is 65.4 cm³/mol. The Hall–Kier alpha value is -1.46. The van der Waals surface area contributed by atoms with Crippen LogP contribution in [-0.2, 0) is 4.74 Å². The van der Waals surface area contributed by atoms with E-state index in [0.29, 0.717) is 29.8 Å². The van der Waals surface area contributed by atoms with Crippen LogP contribution in [0.3, 0.4) is 0 Å². The Labute approximate surface area is 103 Å². The molecule has 0 aromatic carbocycles. The van der Waals surface area contributed by atoms with Crippen molar-refractivity contribution < 1.29 is 4.74 Å². The predicted octanol–water partition coefficient (Wildman–Crippen LogP) is 1.51. The van der Waals surface area contributed by atoms with Gasteiger partial charge in [0.25, 0.3) is 0 Å². The molecule has 1 aliphatic heterocycles. The number of hydrogen-bond donors (Lipinski definition) is 0. The third kappa shape index (κ3) is 2.03. The van der Waals surface area contributed by atoms with Crippen LogP contribution in [0.15, 0.2) is 18.5 Å². The first-order chi connectivity index (χ1) is 8.34. The van der Waals surface area contributed by atoms with Crippen LogP contribution in [0.1, 0.15) is 0 Å². The second-order valence-electron chi connectivity index (χ2n) is 3.81. The molecule has 0 aliphatic carbocycles. The number of aromatic nitrogens is 3. The zero-order valence-corrected chi connectivity index (χ0v) is 9.89. The van der Waals surface area contributed by atoms with Crippen LogP contribution >= 0.6 is 11.6 Å². The van der Waals surface area contributed by atoms with E-state index in [9.17, 15) is 0 Å². The summed E-state index contributed by atoms with van der Waals surface area (Å²) in [5, 5.41) is 1.32. The second-order valence-corrected chi connectivity index (χ2v) is 4.17. The molecule has 17 heavy (non-hydrogen) atoms. The van der Waals surface area contributed by atoms with Gasteiger partial charge in [-0.15, -0.1) is 0 Å². The summed E-state index contributed by atoms with van der Waals surface area (Å²) >= 11 is 6.02. The molecule has 3 rings (SSSR count). The van der Waals surface area contributed by atoms with Gasteiger partial charge in [-0.3, -0.25) is 0 Å². The van der Waals surface area contributed by atoms with Gasteiger partial charge in [-0.05, 0) is 6.07 Å². The molecule has 0 saturated carbocycles. The highest BCUT2D eigenvalue weighted by Gasteiger charge is 2.14. The molecule has 0 atom stereocenters. The van der Waals surface area contributed by atoms with Gasteiger partial charge in [0.2, 0.25) is 5.95 Å². The summed E-state index contributed by atoms with van der Waals surface area (Å²) in [6, 6.07) is 1.85. The van der Waals surface area contributed by atoms with Gasteiger partial charge >= 0.3 is 0 Å². The van der Waals surface area contributed by atoms with Crippen molar-refractivity contribution in [3.8, 4) is 0 Å². The summed E-state index contributed by atoms with van der Waals surface area (Å²) in [6.07, 6.45) is 3.43. The van der Waals surface area contributed by atoms with Crippen LogP contribution in [0.4, 0.5) is 5.95 Å². The monoisotopic (exact) mass is 250 g/mol. The van der Waals surface area contributed by atoms with Gasteiger partial charge in [-0.25, -0.2) is 15.0 Å². The van der Waals surface area contributed by atoms with Crippen molar-refractivity contribution in [2.24, 2.45) is 0 Å². The maximum atomic E-state index is 6.02. The molecule has 0 spiro atoms. The Morgan fingerprint density at radius 2 is 2.06 bits per heavy atom. The average Bonchev–Trinajstić information content (AvgIpc) is 2.40. The molecule has 5 nitrogen and oxygen atoms in total. The minimum absolute atomic E-state index is 0.416. The summed E-state index contributed by atoms with van der Waals surface area (Å²) in [7, 11) is 0. The molecule has 0 bridgehead atoms. The summed E-state index contributed by atoms with van der Waals surface area (Å²) in [5.74, 6) is 0.690. The molecule has 1 fully saturated rings. The number of pyridine rings is 1. The van der Waals surface area contributed by atoms with Gasteiger partial charge in [0.05, 0.1) is 13.2 Å². The van der Waals surface area contributed by atoms with Crippen LogP contribution < -0.4 is 4.90 Å². The van der Waals surface area contributed by atoms with E-state index in [1.54, 1.807) is 12.4 Å². The quantitative estimate of drug-likeness (QED) is 0.718. The van der Waals surface area contributed by atoms with Gasteiger partial charge in [-0.2, -0.15) is 0 Å². The van der Waals surface area contributed by atoms with Gasteiger partial charge in [0.1, 0.15) is 5.52 Å². The molecule has 0 unspecified atom stereocenters. The molecule has 0 N–H and O–H groups in total. The smallest absolute Gasteiger partial charge is 0.226 e. The highest BCUT2D eigenvalue weighted by atomic mass is 35.5. The first-order valence-corrected chi connectivity index (χ1v) is 5.82. The zero-order chi connectivity index (χ0) is 11.7. The summed E-state index contributed by atoms with van der Waals surface area (Å²) < 4.78 is 5.30. The lowest BCUT2D eigenvalue weighted by atomic mass is 10.3. The number of halogens is 1. The Kier molecular flexibility index (Phi) is 2.78. The van der Waals surface area contributed by atoms with Gasteiger partial charge in [0.15, 0.2) is 5.15 Å².